The first kappa shape index (κ1) is 20.0. The number of benzene rings is 1. The second-order valence-corrected chi connectivity index (χ2v) is 9.89. The Labute approximate surface area is 164 Å². The summed E-state index contributed by atoms with van der Waals surface area (Å²) in [7, 11) is -3.34. The van der Waals surface area contributed by atoms with Gasteiger partial charge in [-0.15, -0.1) is 11.3 Å². The largest absolute Gasteiger partial charge is 0.302 e. The van der Waals surface area contributed by atoms with Crippen LogP contribution in [0.25, 0.3) is 0 Å². The molecule has 0 unspecified atom stereocenters. The van der Waals surface area contributed by atoms with E-state index in [1.807, 2.05) is 0 Å². The van der Waals surface area contributed by atoms with Gasteiger partial charge in [-0.25, -0.2) is 13.4 Å². The van der Waals surface area contributed by atoms with Crippen molar-refractivity contribution in [3.05, 3.63) is 40.9 Å². The molecule has 2 heterocycles. The highest BCUT2D eigenvalue weighted by atomic mass is 32.2. The van der Waals surface area contributed by atoms with Crippen LogP contribution >= 0.6 is 11.3 Å². The average molecular weight is 408 g/mol. The van der Waals surface area contributed by atoms with Gasteiger partial charge in [0.2, 0.25) is 5.91 Å². The molecule has 0 bridgehead atoms. The molecule has 0 fully saturated rings. The van der Waals surface area contributed by atoms with Crippen LogP contribution in [0.15, 0.2) is 35.2 Å². The molecule has 8 heteroatoms. The molecule has 146 valence electrons. The Kier molecular flexibility index (Phi) is 6.62. The molecule has 3 rings (SSSR count). The molecule has 1 aromatic carbocycles. The van der Waals surface area contributed by atoms with Gasteiger partial charge in [0.15, 0.2) is 15.0 Å². The van der Waals surface area contributed by atoms with E-state index in [1.54, 1.807) is 30.3 Å². The second-order valence-electron chi connectivity index (χ2n) is 6.70. The van der Waals surface area contributed by atoms with E-state index in [4.69, 9.17) is 0 Å². The van der Waals surface area contributed by atoms with Crippen LogP contribution in [0.2, 0.25) is 0 Å². The summed E-state index contributed by atoms with van der Waals surface area (Å²) in [5.74, 6) is -0.222. The SMILES string of the molecule is CCCN1CCc2nc(NC(=O)CCCS(=O)(=O)c3ccccc3)sc2C1. The Hall–Kier alpha value is -1.77. The Morgan fingerprint density at radius 1 is 1.30 bits per heavy atom. The monoisotopic (exact) mass is 407 g/mol. The van der Waals surface area contributed by atoms with Crippen LogP contribution < -0.4 is 5.32 Å². The number of anilines is 1. The third-order valence-corrected chi connectivity index (χ3v) is 7.33. The van der Waals surface area contributed by atoms with Crippen LogP contribution in [0.4, 0.5) is 5.13 Å². The number of aromatic nitrogens is 1. The number of amides is 1. The van der Waals surface area contributed by atoms with Crippen molar-refractivity contribution in [3.8, 4) is 0 Å². The summed E-state index contributed by atoms with van der Waals surface area (Å²) in [6, 6.07) is 8.34. The van der Waals surface area contributed by atoms with E-state index in [0.29, 0.717) is 16.4 Å². The molecule has 1 amide bonds. The lowest BCUT2D eigenvalue weighted by atomic mass is 10.2. The number of rotatable bonds is 8. The van der Waals surface area contributed by atoms with E-state index in [2.05, 4.69) is 22.1 Å². The maximum atomic E-state index is 12.2. The van der Waals surface area contributed by atoms with E-state index >= 15 is 0 Å². The fraction of sp³-hybridized carbons (Fsp3) is 0.474. The minimum atomic E-state index is -3.34. The first-order chi connectivity index (χ1) is 13.0. The molecule has 1 aromatic heterocycles. The van der Waals surface area contributed by atoms with Gasteiger partial charge in [-0.3, -0.25) is 9.69 Å². The quantitative estimate of drug-likeness (QED) is 0.727. The van der Waals surface area contributed by atoms with Gasteiger partial charge in [0.05, 0.1) is 16.3 Å². The number of hydrogen-bond donors (Lipinski definition) is 1. The number of nitrogens with one attached hydrogen (secondary N) is 1. The zero-order chi connectivity index (χ0) is 19.3. The molecule has 0 saturated carbocycles. The fourth-order valence-electron chi connectivity index (χ4n) is 3.16. The van der Waals surface area contributed by atoms with Crippen LogP contribution in [-0.2, 0) is 27.6 Å². The third-order valence-electron chi connectivity index (χ3n) is 4.52. The lowest BCUT2D eigenvalue weighted by Crippen LogP contribution is -2.30. The lowest BCUT2D eigenvalue weighted by molar-refractivity contribution is -0.116. The molecule has 0 radical (unpaired) electrons. The smallest absolute Gasteiger partial charge is 0.226 e. The zero-order valence-corrected chi connectivity index (χ0v) is 17.1. The van der Waals surface area contributed by atoms with Crippen molar-refractivity contribution in [2.45, 2.75) is 44.0 Å². The van der Waals surface area contributed by atoms with Gasteiger partial charge in [-0.05, 0) is 31.5 Å². The molecule has 0 atom stereocenters. The summed E-state index contributed by atoms with van der Waals surface area (Å²) in [6.07, 6.45) is 2.50. The fourth-order valence-corrected chi connectivity index (χ4v) is 5.56. The van der Waals surface area contributed by atoms with Gasteiger partial charge in [-0.1, -0.05) is 25.1 Å². The number of nitrogens with zero attached hydrogens (tertiary/aromatic N) is 2. The summed E-state index contributed by atoms with van der Waals surface area (Å²) >= 11 is 1.53. The van der Waals surface area contributed by atoms with Crippen molar-refractivity contribution >= 4 is 32.2 Å². The Bertz CT molecular complexity index is 879. The van der Waals surface area contributed by atoms with Crippen molar-refractivity contribution in [2.24, 2.45) is 0 Å². The van der Waals surface area contributed by atoms with Gasteiger partial charge < -0.3 is 5.32 Å². The van der Waals surface area contributed by atoms with Crippen molar-refractivity contribution in [2.75, 3.05) is 24.2 Å². The van der Waals surface area contributed by atoms with Crippen LogP contribution in [0.1, 0.15) is 36.8 Å². The summed E-state index contributed by atoms with van der Waals surface area (Å²) in [5.41, 5.74) is 1.08. The van der Waals surface area contributed by atoms with Gasteiger partial charge in [0.25, 0.3) is 0 Å². The zero-order valence-electron chi connectivity index (χ0n) is 15.5. The highest BCUT2D eigenvalue weighted by Gasteiger charge is 2.21. The predicted molar refractivity (Wildman–Crippen MR) is 108 cm³/mol. The van der Waals surface area contributed by atoms with Crippen molar-refractivity contribution in [1.82, 2.24) is 9.88 Å². The van der Waals surface area contributed by atoms with Crippen LogP contribution in [0, 0.1) is 0 Å². The maximum Gasteiger partial charge on any atom is 0.226 e. The summed E-state index contributed by atoms with van der Waals surface area (Å²) in [6.45, 7) is 5.15. The van der Waals surface area contributed by atoms with Crippen molar-refractivity contribution < 1.29 is 13.2 Å². The van der Waals surface area contributed by atoms with Crippen LogP contribution in [-0.4, -0.2) is 43.1 Å². The normalized spacial score (nSPS) is 14.7. The average Bonchev–Trinajstić information content (AvgIpc) is 3.04. The molecule has 27 heavy (non-hydrogen) atoms. The molecule has 0 spiro atoms. The van der Waals surface area contributed by atoms with Gasteiger partial charge in [-0.2, -0.15) is 0 Å². The summed E-state index contributed by atoms with van der Waals surface area (Å²) in [4.78, 5) is 20.6. The number of carbonyl (C=O) groups excluding carboxylic acids is 1. The molecule has 1 aliphatic rings. The highest BCUT2D eigenvalue weighted by molar-refractivity contribution is 7.91. The van der Waals surface area contributed by atoms with Crippen LogP contribution in [0.3, 0.4) is 0 Å². The first-order valence-corrected chi connectivity index (χ1v) is 11.7. The minimum absolute atomic E-state index is 0.0369. The number of thiazole rings is 1. The third kappa shape index (κ3) is 5.37. The Balaban J connectivity index is 1.49. The number of hydrogen-bond acceptors (Lipinski definition) is 6. The molecule has 1 N–H and O–H groups in total. The molecular formula is C19H25N3O3S2. The van der Waals surface area contributed by atoms with E-state index in [9.17, 15) is 13.2 Å². The van der Waals surface area contributed by atoms with E-state index in [1.165, 1.54) is 16.2 Å². The Morgan fingerprint density at radius 3 is 2.81 bits per heavy atom. The minimum Gasteiger partial charge on any atom is -0.302 e. The molecule has 2 aromatic rings. The molecule has 0 saturated heterocycles. The first-order valence-electron chi connectivity index (χ1n) is 9.26. The number of carbonyl (C=O) groups is 1. The van der Waals surface area contributed by atoms with Gasteiger partial charge in [0.1, 0.15) is 0 Å². The maximum absolute atomic E-state index is 12.2. The molecule has 6 nitrogen and oxygen atoms in total. The van der Waals surface area contributed by atoms with E-state index < -0.39 is 9.84 Å². The van der Waals surface area contributed by atoms with Crippen LogP contribution in [0.5, 0.6) is 0 Å². The Morgan fingerprint density at radius 2 is 2.07 bits per heavy atom. The van der Waals surface area contributed by atoms with Gasteiger partial charge >= 0.3 is 0 Å². The highest BCUT2D eigenvalue weighted by Crippen LogP contribution is 2.28. The number of fused-ring (bicyclic) bond motifs is 1. The molecule has 1 aliphatic heterocycles. The molecular weight excluding hydrogens is 382 g/mol. The van der Waals surface area contributed by atoms with E-state index in [0.717, 1.165) is 38.2 Å². The second kappa shape index (κ2) is 8.95. The lowest BCUT2D eigenvalue weighted by Gasteiger charge is -2.24. The topological polar surface area (TPSA) is 79.4 Å². The van der Waals surface area contributed by atoms with Crippen molar-refractivity contribution in [1.29, 1.82) is 0 Å². The van der Waals surface area contributed by atoms with Gasteiger partial charge in [0, 0.05) is 30.8 Å². The van der Waals surface area contributed by atoms with Crippen molar-refractivity contribution in [3.63, 3.8) is 0 Å². The summed E-state index contributed by atoms with van der Waals surface area (Å²) in [5, 5.41) is 3.45. The predicted octanol–water partition coefficient (Wildman–Crippen LogP) is 3.10. The number of sulfone groups is 1. The molecule has 0 aliphatic carbocycles. The standard InChI is InChI=1S/C19H25N3O3S2/c1-2-11-22-12-10-16-17(14-22)26-19(20-16)21-18(23)9-6-13-27(24,25)15-7-4-3-5-8-15/h3-5,7-8H,2,6,9-14H2,1H3,(H,20,21,23). The van der Waals surface area contributed by atoms with E-state index in [-0.39, 0.29) is 18.1 Å². The summed E-state index contributed by atoms with van der Waals surface area (Å²) < 4.78 is 24.5.